The van der Waals surface area contributed by atoms with E-state index < -0.39 is 23.6 Å². The number of aromatic nitrogens is 4. The highest BCUT2D eigenvalue weighted by molar-refractivity contribution is 7.23. The fraction of sp³-hybridized carbons (Fsp3) is 0.0952. The maximum absolute atomic E-state index is 12.5. The van der Waals surface area contributed by atoms with Gasteiger partial charge in [-0.05, 0) is 24.3 Å². The molecule has 0 spiro atoms. The number of thiazole rings is 1. The zero-order valence-corrected chi connectivity index (χ0v) is 16.7. The lowest BCUT2D eigenvalue weighted by Gasteiger charge is -2.08. The number of para-hydroxylation sites is 1. The average molecular weight is 434 g/mol. The SMILES string of the molecule is O=C(Cn1[nH]c(=O)c2ccccc2c1=O)OCc1cc(=O)n2c(n1)sc1ccccc12. The van der Waals surface area contributed by atoms with Gasteiger partial charge in [-0.2, -0.15) is 0 Å². The van der Waals surface area contributed by atoms with E-state index in [4.69, 9.17) is 4.74 Å². The quantitative estimate of drug-likeness (QED) is 0.430. The number of hydrogen-bond acceptors (Lipinski definition) is 7. The number of H-pyrrole nitrogens is 1. The number of nitrogens with zero attached hydrogens (tertiary/aromatic N) is 3. The van der Waals surface area contributed by atoms with Crippen molar-refractivity contribution < 1.29 is 9.53 Å². The second kappa shape index (κ2) is 7.33. The van der Waals surface area contributed by atoms with Crippen LogP contribution >= 0.6 is 11.3 Å². The Balaban J connectivity index is 1.38. The monoisotopic (exact) mass is 434 g/mol. The van der Waals surface area contributed by atoms with Gasteiger partial charge in [-0.25, -0.2) is 9.67 Å². The third-order valence-corrected chi connectivity index (χ3v) is 5.82. The van der Waals surface area contributed by atoms with Gasteiger partial charge in [-0.1, -0.05) is 35.6 Å². The van der Waals surface area contributed by atoms with E-state index in [-0.39, 0.29) is 22.9 Å². The molecule has 0 fully saturated rings. The smallest absolute Gasteiger partial charge is 0.328 e. The highest BCUT2D eigenvalue weighted by Gasteiger charge is 2.13. The van der Waals surface area contributed by atoms with Crippen molar-refractivity contribution in [2.75, 3.05) is 0 Å². The molecule has 0 unspecified atom stereocenters. The van der Waals surface area contributed by atoms with Crippen LogP contribution in [0.1, 0.15) is 5.69 Å². The molecule has 5 aromatic rings. The molecular weight excluding hydrogens is 420 g/mol. The lowest BCUT2D eigenvalue weighted by Crippen LogP contribution is -2.32. The van der Waals surface area contributed by atoms with Crippen LogP contribution < -0.4 is 16.7 Å². The van der Waals surface area contributed by atoms with Crippen LogP contribution in [0.15, 0.2) is 69.0 Å². The molecule has 0 radical (unpaired) electrons. The Bertz CT molecular complexity index is 1660. The third-order valence-electron chi connectivity index (χ3n) is 4.80. The van der Waals surface area contributed by atoms with Crippen molar-refractivity contribution in [2.45, 2.75) is 13.2 Å². The van der Waals surface area contributed by atoms with E-state index in [0.717, 1.165) is 14.9 Å². The molecular formula is C21H14N4O5S. The number of esters is 1. The van der Waals surface area contributed by atoms with Crippen molar-refractivity contribution in [1.29, 1.82) is 0 Å². The average Bonchev–Trinajstić information content (AvgIpc) is 3.15. The summed E-state index contributed by atoms with van der Waals surface area (Å²) in [6.45, 7) is -0.700. The molecule has 0 aliphatic rings. The Hall–Kier alpha value is -4.05. The zero-order valence-electron chi connectivity index (χ0n) is 15.9. The highest BCUT2D eigenvalue weighted by atomic mass is 32.1. The Labute approximate surface area is 176 Å². The molecule has 1 N–H and O–H groups in total. The van der Waals surface area contributed by atoms with Gasteiger partial charge in [0.2, 0.25) is 0 Å². The molecule has 0 atom stereocenters. The van der Waals surface area contributed by atoms with Crippen LogP contribution in [0.25, 0.3) is 25.9 Å². The van der Waals surface area contributed by atoms with Gasteiger partial charge >= 0.3 is 5.97 Å². The van der Waals surface area contributed by atoms with Gasteiger partial charge in [0.05, 0.1) is 26.7 Å². The topological polar surface area (TPSA) is 116 Å². The molecule has 2 aromatic carbocycles. The summed E-state index contributed by atoms with van der Waals surface area (Å²) >= 11 is 1.36. The number of aromatic amines is 1. The summed E-state index contributed by atoms with van der Waals surface area (Å²) in [7, 11) is 0. The maximum Gasteiger partial charge on any atom is 0.328 e. The lowest BCUT2D eigenvalue weighted by molar-refractivity contribution is -0.146. The van der Waals surface area contributed by atoms with Crippen molar-refractivity contribution in [3.63, 3.8) is 0 Å². The summed E-state index contributed by atoms with van der Waals surface area (Å²) in [5, 5.41) is 2.84. The van der Waals surface area contributed by atoms with Crippen molar-refractivity contribution in [1.82, 2.24) is 19.2 Å². The van der Waals surface area contributed by atoms with Gasteiger partial charge in [0.1, 0.15) is 13.2 Å². The molecule has 10 heteroatoms. The van der Waals surface area contributed by atoms with Crippen LogP contribution in [0, 0.1) is 0 Å². The number of benzene rings is 2. The highest BCUT2D eigenvalue weighted by Crippen LogP contribution is 2.23. The van der Waals surface area contributed by atoms with Crippen LogP contribution in [-0.2, 0) is 22.7 Å². The van der Waals surface area contributed by atoms with E-state index in [1.807, 2.05) is 24.3 Å². The van der Waals surface area contributed by atoms with Gasteiger partial charge < -0.3 is 4.74 Å². The molecule has 0 saturated heterocycles. The number of fused-ring (bicyclic) bond motifs is 4. The number of carbonyl (C=O) groups excluding carboxylic acids is 1. The molecule has 0 saturated carbocycles. The predicted molar refractivity (Wildman–Crippen MR) is 115 cm³/mol. The van der Waals surface area contributed by atoms with E-state index in [9.17, 15) is 19.2 Å². The fourth-order valence-corrected chi connectivity index (χ4v) is 4.43. The molecule has 3 heterocycles. The number of rotatable bonds is 4. The van der Waals surface area contributed by atoms with E-state index in [1.165, 1.54) is 33.9 Å². The van der Waals surface area contributed by atoms with Gasteiger partial charge in [0, 0.05) is 6.07 Å². The molecule has 3 aromatic heterocycles. The normalized spacial score (nSPS) is 11.4. The van der Waals surface area contributed by atoms with Crippen LogP contribution in [0.4, 0.5) is 0 Å². The second-order valence-electron chi connectivity index (χ2n) is 6.81. The van der Waals surface area contributed by atoms with Crippen LogP contribution in [0.3, 0.4) is 0 Å². The number of hydrogen-bond donors (Lipinski definition) is 1. The molecule has 9 nitrogen and oxygen atoms in total. The van der Waals surface area contributed by atoms with Gasteiger partial charge in [-0.15, -0.1) is 0 Å². The number of carbonyl (C=O) groups is 1. The maximum atomic E-state index is 12.5. The minimum atomic E-state index is -0.744. The largest absolute Gasteiger partial charge is 0.458 e. The van der Waals surface area contributed by atoms with Crippen molar-refractivity contribution >= 4 is 43.3 Å². The number of ether oxygens (including phenoxy) is 1. The van der Waals surface area contributed by atoms with Crippen LogP contribution in [-0.4, -0.2) is 25.1 Å². The predicted octanol–water partition coefficient (Wildman–Crippen LogP) is 1.66. The van der Waals surface area contributed by atoms with Gasteiger partial charge in [0.15, 0.2) is 4.96 Å². The first-order valence-corrected chi connectivity index (χ1v) is 10.1. The first-order chi connectivity index (χ1) is 15.0. The number of nitrogens with one attached hydrogen (secondary N) is 1. The Morgan fingerprint density at radius 1 is 1.03 bits per heavy atom. The standard InChI is InChI=1S/C21H14N4O5S/c26-17-9-12(22-21-25(17)15-7-3-4-8-16(15)31-21)11-30-18(27)10-24-20(29)14-6-2-1-5-13(14)19(28)23-24/h1-9H,10-11H2,(H,23,28). The second-order valence-corrected chi connectivity index (χ2v) is 7.82. The summed E-state index contributed by atoms with van der Waals surface area (Å²) in [4.78, 5) is 54.3. The Kier molecular flexibility index (Phi) is 4.48. The van der Waals surface area contributed by atoms with Crippen molar-refractivity contribution in [2.24, 2.45) is 0 Å². The summed E-state index contributed by atoms with van der Waals surface area (Å²) in [6.07, 6.45) is 0. The molecule has 31 heavy (non-hydrogen) atoms. The molecule has 0 aliphatic carbocycles. The Morgan fingerprint density at radius 3 is 2.61 bits per heavy atom. The van der Waals surface area contributed by atoms with Gasteiger partial charge in [-0.3, -0.25) is 28.7 Å². The summed E-state index contributed by atoms with van der Waals surface area (Å²) in [6, 6.07) is 15.1. The van der Waals surface area contributed by atoms with Gasteiger partial charge in [0.25, 0.3) is 16.7 Å². The molecule has 0 bridgehead atoms. The van der Waals surface area contributed by atoms with E-state index in [2.05, 4.69) is 10.1 Å². The molecule has 154 valence electrons. The van der Waals surface area contributed by atoms with Crippen LogP contribution in [0.5, 0.6) is 0 Å². The van der Waals surface area contributed by atoms with E-state index in [1.54, 1.807) is 12.1 Å². The summed E-state index contributed by atoms with van der Waals surface area (Å²) in [5.74, 6) is -0.744. The minimum Gasteiger partial charge on any atom is -0.458 e. The van der Waals surface area contributed by atoms with Crippen molar-refractivity contribution in [3.8, 4) is 0 Å². The van der Waals surface area contributed by atoms with Crippen molar-refractivity contribution in [3.05, 3.63) is 91.4 Å². The third kappa shape index (κ3) is 3.32. The first kappa shape index (κ1) is 18.9. The fourth-order valence-electron chi connectivity index (χ4n) is 3.38. The minimum absolute atomic E-state index is 0.212. The molecule has 5 rings (SSSR count). The molecule has 0 amide bonds. The lowest BCUT2D eigenvalue weighted by atomic mass is 10.2. The van der Waals surface area contributed by atoms with E-state index in [0.29, 0.717) is 10.7 Å². The zero-order chi connectivity index (χ0) is 21.5. The summed E-state index contributed by atoms with van der Waals surface area (Å²) in [5.41, 5.74) is -0.195. The van der Waals surface area contributed by atoms with Crippen LogP contribution in [0.2, 0.25) is 0 Å². The Morgan fingerprint density at radius 2 is 1.77 bits per heavy atom. The first-order valence-electron chi connectivity index (χ1n) is 9.29. The summed E-state index contributed by atoms with van der Waals surface area (Å²) < 4.78 is 8.52. The molecule has 0 aliphatic heterocycles. The van der Waals surface area contributed by atoms with E-state index >= 15 is 0 Å².